The molecule has 2 rings (SSSR count). The molecule has 0 aliphatic rings. The monoisotopic (exact) mass is 277 g/mol. The van der Waals surface area contributed by atoms with Crippen molar-refractivity contribution in [1.82, 2.24) is 0 Å². The highest BCUT2D eigenvalue weighted by molar-refractivity contribution is 5.76. The summed E-state index contributed by atoms with van der Waals surface area (Å²) in [6.07, 6.45) is 3.79. The summed E-state index contributed by atoms with van der Waals surface area (Å²) >= 11 is 0. The van der Waals surface area contributed by atoms with Gasteiger partial charge in [-0.05, 0) is 54.2 Å². The minimum Gasteiger partial charge on any atom is -0.233 e. The molecule has 0 radical (unpaired) electrons. The van der Waals surface area contributed by atoms with Crippen LogP contribution in [0.3, 0.4) is 0 Å². The van der Waals surface area contributed by atoms with Gasteiger partial charge in [-0.2, -0.15) is 4.99 Å². The molecule has 0 aromatic heterocycles. The highest BCUT2D eigenvalue weighted by atomic mass is 16.1. The molecule has 3 heteroatoms. The molecule has 0 saturated carbocycles. The molecule has 0 aliphatic carbocycles. The molecule has 104 valence electrons. The number of benzene rings is 2. The maximum absolute atomic E-state index is 10.4. The molecular formula is C18H15NO2. The van der Waals surface area contributed by atoms with Crippen LogP contribution in [0.25, 0.3) is 6.08 Å². The van der Waals surface area contributed by atoms with Gasteiger partial charge >= 0.3 is 0 Å². The van der Waals surface area contributed by atoms with Crippen LogP contribution in [0.2, 0.25) is 0 Å². The Balaban J connectivity index is 2.26. The first-order chi connectivity index (χ1) is 10.1. The van der Waals surface area contributed by atoms with Gasteiger partial charge < -0.3 is 0 Å². The van der Waals surface area contributed by atoms with E-state index >= 15 is 0 Å². The first-order valence-electron chi connectivity index (χ1n) is 6.62. The van der Waals surface area contributed by atoms with Crippen LogP contribution in [0.1, 0.15) is 27.8 Å². The fourth-order valence-corrected chi connectivity index (χ4v) is 2.31. The second-order valence-corrected chi connectivity index (χ2v) is 4.95. The number of aryl methyl sites for hydroxylation is 2. The van der Waals surface area contributed by atoms with Crippen LogP contribution < -0.4 is 0 Å². The smallest absolute Gasteiger partial charge is 0.233 e. The molecule has 0 N–H and O–H groups in total. The van der Waals surface area contributed by atoms with Crippen LogP contribution in [0.15, 0.2) is 41.4 Å². The van der Waals surface area contributed by atoms with E-state index in [4.69, 9.17) is 0 Å². The summed E-state index contributed by atoms with van der Waals surface area (Å²) in [4.78, 5) is 24.4. The predicted octanol–water partition coefficient (Wildman–Crippen LogP) is 3.71. The second-order valence-electron chi connectivity index (χ2n) is 4.95. The SMILES string of the molecule is Cc1cc(Cc2ccc(N=C=O)c(C)c2)ccc1C=C=O. The van der Waals surface area contributed by atoms with E-state index in [0.717, 1.165) is 28.7 Å². The van der Waals surface area contributed by atoms with Gasteiger partial charge in [-0.3, -0.25) is 0 Å². The van der Waals surface area contributed by atoms with E-state index in [-0.39, 0.29) is 0 Å². The Morgan fingerprint density at radius 1 is 1.00 bits per heavy atom. The standard InChI is InChI=1S/C18H15NO2/c1-13-9-15(3-5-17(13)7-8-20)11-16-4-6-18(19-12-21)14(2)10-16/h3-7,9-10H,11H2,1-2H3. The van der Waals surface area contributed by atoms with Crippen molar-refractivity contribution in [1.29, 1.82) is 0 Å². The molecule has 2 aromatic rings. The number of hydrogen-bond donors (Lipinski definition) is 0. The summed E-state index contributed by atoms with van der Waals surface area (Å²) in [7, 11) is 0. The fourth-order valence-electron chi connectivity index (χ4n) is 2.31. The zero-order chi connectivity index (χ0) is 15.2. The van der Waals surface area contributed by atoms with Crippen molar-refractivity contribution in [3.63, 3.8) is 0 Å². The first kappa shape index (κ1) is 14.7. The average Bonchev–Trinajstić information content (AvgIpc) is 2.45. The summed E-state index contributed by atoms with van der Waals surface area (Å²) in [6, 6.07) is 11.8. The number of rotatable bonds is 4. The summed E-state index contributed by atoms with van der Waals surface area (Å²) in [5.74, 6) is 1.80. The Morgan fingerprint density at radius 3 is 2.24 bits per heavy atom. The van der Waals surface area contributed by atoms with Crippen LogP contribution in [0.4, 0.5) is 5.69 Å². The van der Waals surface area contributed by atoms with Crippen LogP contribution in [-0.2, 0) is 16.0 Å². The van der Waals surface area contributed by atoms with Crippen molar-refractivity contribution in [3.05, 3.63) is 64.2 Å². The number of hydrogen-bond acceptors (Lipinski definition) is 3. The molecule has 0 aliphatic heterocycles. The van der Waals surface area contributed by atoms with E-state index < -0.39 is 0 Å². The van der Waals surface area contributed by atoms with Gasteiger partial charge in [0.2, 0.25) is 6.08 Å². The van der Waals surface area contributed by atoms with Crippen LogP contribution in [0.5, 0.6) is 0 Å². The van der Waals surface area contributed by atoms with Gasteiger partial charge in [0.1, 0.15) is 5.94 Å². The highest BCUT2D eigenvalue weighted by Crippen LogP contribution is 2.21. The van der Waals surface area contributed by atoms with E-state index in [9.17, 15) is 9.59 Å². The van der Waals surface area contributed by atoms with Crippen molar-refractivity contribution < 1.29 is 9.59 Å². The van der Waals surface area contributed by atoms with Crippen LogP contribution in [-0.4, -0.2) is 12.0 Å². The van der Waals surface area contributed by atoms with Gasteiger partial charge in [-0.25, -0.2) is 9.59 Å². The Labute approximate surface area is 123 Å². The zero-order valence-electron chi connectivity index (χ0n) is 12.0. The van der Waals surface area contributed by atoms with Gasteiger partial charge in [0.15, 0.2) is 0 Å². The third kappa shape index (κ3) is 3.64. The number of aliphatic imine (C=N–C) groups is 1. The van der Waals surface area contributed by atoms with E-state index in [0.29, 0.717) is 5.69 Å². The lowest BCUT2D eigenvalue weighted by molar-refractivity contribution is 0.565. The molecule has 0 unspecified atom stereocenters. The zero-order valence-corrected chi connectivity index (χ0v) is 12.0. The Hall–Kier alpha value is -2.73. The maximum Gasteiger partial charge on any atom is 0.240 e. The highest BCUT2D eigenvalue weighted by Gasteiger charge is 2.03. The predicted molar refractivity (Wildman–Crippen MR) is 83.1 cm³/mol. The number of carbonyl (C=O) groups excluding carboxylic acids is 2. The molecule has 0 spiro atoms. The van der Waals surface area contributed by atoms with Crippen molar-refractivity contribution in [2.45, 2.75) is 20.3 Å². The van der Waals surface area contributed by atoms with Crippen molar-refractivity contribution in [2.75, 3.05) is 0 Å². The lowest BCUT2D eigenvalue weighted by Crippen LogP contribution is -1.91. The fraction of sp³-hybridized carbons (Fsp3) is 0.167. The molecule has 0 bridgehead atoms. The molecular weight excluding hydrogens is 262 g/mol. The summed E-state index contributed by atoms with van der Waals surface area (Å²) < 4.78 is 0. The molecule has 0 fully saturated rings. The third-order valence-corrected chi connectivity index (χ3v) is 3.38. The Morgan fingerprint density at radius 2 is 1.67 bits per heavy atom. The van der Waals surface area contributed by atoms with Crippen molar-refractivity contribution in [2.24, 2.45) is 4.99 Å². The lowest BCUT2D eigenvalue weighted by Gasteiger charge is -2.07. The van der Waals surface area contributed by atoms with E-state index in [1.807, 2.05) is 44.2 Å². The molecule has 0 amide bonds. The quantitative estimate of drug-likeness (QED) is 0.486. The maximum atomic E-state index is 10.4. The topological polar surface area (TPSA) is 46.5 Å². The molecule has 0 atom stereocenters. The van der Waals surface area contributed by atoms with Crippen molar-refractivity contribution >= 4 is 23.8 Å². The molecule has 0 heterocycles. The molecule has 21 heavy (non-hydrogen) atoms. The van der Waals surface area contributed by atoms with Gasteiger partial charge in [-0.15, -0.1) is 0 Å². The van der Waals surface area contributed by atoms with Crippen LogP contribution >= 0.6 is 0 Å². The van der Waals surface area contributed by atoms with Gasteiger partial charge in [-0.1, -0.05) is 30.3 Å². The number of nitrogens with zero attached hydrogens (tertiary/aromatic N) is 1. The van der Waals surface area contributed by atoms with Crippen LogP contribution in [0, 0.1) is 13.8 Å². The van der Waals surface area contributed by atoms with Crippen molar-refractivity contribution in [3.8, 4) is 0 Å². The van der Waals surface area contributed by atoms with Gasteiger partial charge in [0, 0.05) is 6.08 Å². The summed E-state index contributed by atoms with van der Waals surface area (Å²) in [5, 5.41) is 0. The minimum atomic E-state index is 0.649. The Kier molecular flexibility index (Phi) is 4.63. The van der Waals surface area contributed by atoms with E-state index in [1.165, 1.54) is 11.6 Å². The largest absolute Gasteiger partial charge is 0.240 e. The van der Waals surface area contributed by atoms with Gasteiger partial charge in [0.25, 0.3) is 0 Å². The first-order valence-corrected chi connectivity index (χ1v) is 6.62. The summed E-state index contributed by atoms with van der Waals surface area (Å²) in [6.45, 7) is 3.89. The van der Waals surface area contributed by atoms with E-state index in [2.05, 4.69) is 11.1 Å². The molecule has 0 saturated heterocycles. The normalized spacial score (nSPS) is 9.62. The second kappa shape index (κ2) is 6.62. The summed E-state index contributed by atoms with van der Waals surface area (Å²) in [5.41, 5.74) is 5.86. The average molecular weight is 277 g/mol. The van der Waals surface area contributed by atoms with Gasteiger partial charge in [0.05, 0.1) is 5.69 Å². The van der Waals surface area contributed by atoms with E-state index in [1.54, 1.807) is 12.0 Å². The lowest BCUT2D eigenvalue weighted by atomic mass is 9.98. The molecule has 3 nitrogen and oxygen atoms in total. The Bertz CT molecular complexity index is 699. The third-order valence-electron chi connectivity index (χ3n) is 3.38. The number of isocyanates is 1. The minimum absolute atomic E-state index is 0.649. The molecule has 2 aromatic carbocycles.